The van der Waals surface area contributed by atoms with Crippen LogP contribution in [-0.4, -0.2) is 31.2 Å². The summed E-state index contributed by atoms with van der Waals surface area (Å²) in [4.78, 5) is 10.2. The highest BCUT2D eigenvalue weighted by molar-refractivity contribution is 7.89. The minimum Gasteiger partial charge on any atom is -0.393 e. The van der Waals surface area contributed by atoms with E-state index in [-0.39, 0.29) is 16.3 Å². The summed E-state index contributed by atoms with van der Waals surface area (Å²) in [5, 5.41) is 10.9. The first kappa shape index (κ1) is 15.7. The van der Waals surface area contributed by atoms with Gasteiger partial charge in [0.05, 0.1) is 9.82 Å². The van der Waals surface area contributed by atoms with Crippen molar-refractivity contribution in [2.45, 2.75) is 31.1 Å². The Hall–Kier alpha value is -1.67. The molecule has 0 heterocycles. The van der Waals surface area contributed by atoms with Crippen LogP contribution in [0, 0.1) is 23.0 Å². The highest BCUT2D eigenvalue weighted by atomic mass is 32.2. The number of nitrogen functional groups attached to an aromatic ring is 1. The van der Waals surface area contributed by atoms with E-state index in [2.05, 4.69) is 0 Å². The average molecular weight is 313 g/mol. The summed E-state index contributed by atoms with van der Waals surface area (Å²) < 4.78 is 26.4. The van der Waals surface area contributed by atoms with Gasteiger partial charge in [0.2, 0.25) is 10.0 Å². The van der Waals surface area contributed by atoms with Crippen LogP contribution in [0.4, 0.5) is 11.4 Å². The third kappa shape index (κ3) is 3.01. The molecule has 116 valence electrons. The number of hydrogen-bond donors (Lipinski definition) is 1. The lowest BCUT2D eigenvalue weighted by Crippen LogP contribution is -2.34. The number of aryl methyl sites for hydroxylation is 1. The van der Waals surface area contributed by atoms with E-state index in [9.17, 15) is 18.5 Å². The fourth-order valence-corrected chi connectivity index (χ4v) is 3.91. The van der Waals surface area contributed by atoms with E-state index in [1.54, 1.807) is 6.92 Å². The SMILES string of the molecule is Cc1cc(N)c([N+](=O)[O-])cc1S(=O)(=O)N(C)CC1CCC1. The highest BCUT2D eigenvalue weighted by Crippen LogP contribution is 2.32. The zero-order valence-corrected chi connectivity index (χ0v) is 12.9. The van der Waals surface area contributed by atoms with Crippen molar-refractivity contribution in [3.05, 3.63) is 27.8 Å². The molecule has 0 unspecified atom stereocenters. The lowest BCUT2D eigenvalue weighted by atomic mass is 9.86. The molecule has 8 heteroatoms. The van der Waals surface area contributed by atoms with Gasteiger partial charge in [-0.25, -0.2) is 12.7 Å². The van der Waals surface area contributed by atoms with E-state index in [4.69, 9.17) is 5.73 Å². The molecule has 1 fully saturated rings. The molecule has 21 heavy (non-hydrogen) atoms. The smallest absolute Gasteiger partial charge is 0.293 e. The van der Waals surface area contributed by atoms with E-state index >= 15 is 0 Å². The number of nitrogens with two attached hydrogens (primary N) is 1. The first-order valence-electron chi connectivity index (χ1n) is 6.74. The Kier molecular flexibility index (Phi) is 4.20. The van der Waals surface area contributed by atoms with Gasteiger partial charge in [0.15, 0.2) is 0 Å². The Balaban J connectivity index is 2.38. The van der Waals surface area contributed by atoms with Crippen molar-refractivity contribution in [2.24, 2.45) is 5.92 Å². The molecule has 0 aliphatic heterocycles. The Morgan fingerprint density at radius 3 is 2.52 bits per heavy atom. The summed E-state index contributed by atoms with van der Waals surface area (Å²) in [5.41, 5.74) is 5.58. The maximum Gasteiger partial charge on any atom is 0.293 e. The molecule has 0 saturated heterocycles. The summed E-state index contributed by atoms with van der Waals surface area (Å²) in [6, 6.07) is 2.39. The van der Waals surface area contributed by atoms with Crippen LogP contribution in [0.3, 0.4) is 0 Å². The van der Waals surface area contributed by atoms with Crippen LogP contribution in [0.5, 0.6) is 0 Å². The minimum absolute atomic E-state index is 0.0295. The highest BCUT2D eigenvalue weighted by Gasteiger charge is 2.29. The van der Waals surface area contributed by atoms with Crippen molar-refractivity contribution in [3.8, 4) is 0 Å². The predicted molar refractivity (Wildman–Crippen MR) is 79.4 cm³/mol. The Bertz CT molecular complexity index is 668. The third-order valence-electron chi connectivity index (χ3n) is 3.95. The van der Waals surface area contributed by atoms with Crippen LogP contribution in [0.2, 0.25) is 0 Å². The Morgan fingerprint density at radius 2 is 2.05 bits per heavy atom. The zero-order valence-electron chi connectivity index (χ0n) is 12.1. The maximum atomic E-state index is 12.6. The second-order valence-corrected chi connectivity index (χ2v) is 7.53. The molecule has 1 aliphatic carbocycles. The van der Waals surface area contributed by atoms with Gasteiger partial charge in [-0.2, -0.15) is 0 Å². The van der Waals surface area contributed by atoms with E-state index < -0.39 is 14.9 Å². The van der Waals surface area contributed by atoms with Gasteiger partial charge in [0, 0.05) is 19.7 Å². The Morgan fingerprint density at radius 1 is 1.43 bits per heavy atom. The normalized spacial score (nSPS) is 16.0. The predicted octanol–water partition coefficient (Wildman–Crippen LogP) is 1.91. The van der Waals surface area contributed by atoms with Crippen LogP contribution < -0.4 is 5.73 Å². The number of nitro groups is 1. The Labute approximate surface area is 123 Å². The van der Waals surface area contributed by atoms with Crippen LogP contribution in [-0.2, 0) is 10.0 Å². The molecule has 1 aromatic rings. The maximum absolute atomic E-state index is 12.6. The van der Waals surface area contributed by atoms with Crippen molar-refractivity contribution < 1.29 is 13.3 Å². The zero-order chi connectivity index (χ0) is 15.8. The van der Waals surface area contributed by atoms with Gasteiger partial charge >= 0.3 is 0 Å². The molecule has 1 aliphatic rings. The van der Waals surface area contributed by atoms with Crippen molar-refractivity contribution in [1.29, 1.82) is 0 Å². The van der Waals surface area contributed by atoms with Gasteiger partial charge in [0.25, 0.3) is 5.69 Å². The number of nitro benzene ring substituents is 1. The molecule has 0 bridgehead atoms. The van der Waals surface area contributed by atoms with Gasteiger partial charge in [-0.1, -0.05) is 6.42 Å². The molecular weight excluding hydrogens is 294 g/mol. The van der Waals surface area contributed by atoms with Crippen molar-refractivity contribution in [3.63, 3.8) is 0 Å². The van der Waals surface area contributed by atoms with Crippen LogP contribution >= 0.6 is 0 Å². The summed E-state index contributed by atoms with van der Waals surface area (Å²) in [6.07, 6.45) is 3.19. The van der Waals surface area contributed by atoms with Crippen molar-refractivity contribution in [1.82, 2.24) is 4.31 Å². The molecule has 0 amide bonds. The molecule has 0 atom stereocenters. The number of hydrogen-bond acceptors (Lipinski definition) is 5. The molecule has 1 aromatic carbocycles. The molecule has 2 N–H and O–H groups in total. The third-order valence-corrected chi connectivity index (χ3v) is 5.91. The summed E-state index contributed by atoms with van der Waals surface area (Å²) in [6.45, 7) is 2.03. The number of anilines is 1. The first-order chi connectivity index (χ1) is 9.73. The molecule has 0 radical (unpaired) electrons. The quantitative estimate of drug-likeness (QED) is 0.507. The fraction of sp³-hybridized carbons (Fsp3) is 0.538. The molecule has 1 saturated carbocycles. The molecule has 2 rings (SSSR count). The second-order valence-electron chi connectivity index (χ2n) is 5.52. The van der Waals surface area contributed by atoms with Gasteiger partial charge in [0.1, 0.15) is 5.69 Å². The van der Waals surface area contributed by atoms with E-state index in [0.717, 1.165) is 25.3 Å². The lowest BCUT2D eigenvalue weighted by molar-refractivity contribution is -0.384. The number of rotatable bonds is 5. The second kappa shape index (κ2) is 5.61. The first-order valence-corrected chi connectivity index (χ1v) is 8.18. The van der Waals surface area contributed by atoms with Gasteiger partial charge in [-0.15, -0.1) is 0 Å². The summed E-state index contributed by atoms with van der Waals surface area (Å²) >= 11 is 0. The van der Waals surface area contributed by atoms with Gasteiger partial charge in [-0.3, -0.25) is 10.1 Å². The molecular formula is C13H19N3O4S. The molecule has 7 nitrogen and oxygen atoms in total. The number of sulfonamides is 1. The monoisotopic (exact) mass is 313 g/mol. The molecule has 0 spiro atoms. The van der Waals surface area contributed by atoms with Crippen LogP contribution in [0.25, 0.3) is 0 Å². The van der Waals surface area contributed by atoms with Crippen LogP contribution in [0.1, 0.15) is 24.8 Å². The van der Waals surface area contributed by atoms with Crippen molar-refractivity contribution in [2.75, 3.05) is 19.3 Å². The fourth-order valence-electron chi connectivity index (χ4n) is 2.44. The van der Waals surface area contributed by atoms with Gasteiger partial charge in [-0.05, 0) is 37.3 Å². The van der Waals surface area contributed by atoms with Crippen molar-refractivity contribution >= 4 is 21.4 Å². The average Bonchev–Trinajstić information content (AvgIpc) is 2.32. The summed E-state index contributed by atoms with van der Waals surface area (Å²) in [5.74, 6) is 0.383. The van der Waals surface area contributed by atoms with E-state index in [1.807, 2.05) is 0 Å². The topological polar surface area (TPSA) is 107 Å². The van der Waals surface area contributed by atoms with Gasteiger partial charge < -0.3 is 5.73 Å². The molecule has 0 aromatic heterocycles. The largest absolute Gasteiger partial charge is 0.393 e. The minimum atomic E-state index is -3.74. The standard InChI is InChI=1S/C13H19N3O4S/c1-9-6-11(14)12(16(17)18)7-13(9)21(19,20)15(2)8-10-4-3-5-10/h6-7,10H,3-5,8,14H2,1-2H3. The van der Waals surface area contributed by atoms with Crippen LogP contribution in [0.15, 0.2) is 17.0 Å². The lowest BCUT2D eigenvalue weighted by Gasteiger charge is -2.29. The van der Waals surface area contributed by atoms with E-state index in [1.165, 1.54) is 17.4 Å². The summed E-state index contributed by atoms with van der Waals surface area (Å²) in [7, 11) is -2.23. The van der Waals surface area contributed by atoms with E-state index in [0.29, 0.717) is 18.0 Å². The number of nitrogens with zero attached hydrogens (tertiary/aromatic N) is 2. The number of benzene rings is 1.